The largest absolute Gasteiger partial charge is 0.481 e. The maximum absolute atomic E-state index is 13.0. The molecule has 0 bridgehead atoms. The molecule has 2 amide bonds. The van der Waals surface area contributed by atoms with Crippen molar-refractivity contribution < 1.29 is 22.7 Å². The molecule has 2 heterocycles. The van der Waals surface area contributed by atoms with Gasteiger partial charge in [0.25, 0.3) is 0 Å². The lowest BCUT2D eigenvalue weighted by Crippen LogP contribution is -2.50. The van der Waals surface area contributed by atoms with Crippen LogP contribution in [-0.2, 0) is 26.2 Å². The molecule has 178 valence electrons. The molecule has 1 aromatic carbocycles. The van der Waals surface area contributed by atoms with Crippen molar-refractivity contribution in [1.29, 1.82) is 0 Å². The number of ether oxygens (including phenoxy) is 1. The number of hydrogen-bond donors (Lipinski definition) is 1. The van der Waals surface area contributed by atoms with E-state index in [1.807, 2.05) is 19.1 Å². The van der Waals surface area contributed by atoms with Crippen LogP contribution in [-0.4, -0.2) is 67.7 Å². The Bertz CT molecular complexity index is 1110. The van der Waals surface area contributed by atoms with Crippen molar-refractivity contribution in [2.75, 3.05) is 33.3 Å². The molecule has 0 aliphatic carbocycles. The number of aryl methyl sites for hydroxylation is 2. The molecular formula is C23H30N4O5S. The van der Waals surface area contributed by atoms with Gasteiger partial charge in [-0.1, -0.05) is 18.2 Å². The second-order valence-electron chi connectivity index (χ2n) is 8.00. The second kappa shape index (κ2) is 10.8. The Morgan fingerprint density at radius 3 is 2.52 bits per heavy atom. The summed E-state index contributed by atoms with van der Waals surface area (Å²) in [5.74, 6) is 0.0424. The fourth-order valence-corrected chi connectivity index (χ4v) is 5.44. The fraction of sp³-hybridized carbons (Fsp3) is 0.435. The van der Waals surface area contributed by atoms with Gasteiger partial charge < -0.3 is 15.0 Å². The van der Waals surface area contributed by atoms with Crippen LogP contribution < -0.4 is 10.1 Å². The molecule has 9 nitrogen and oxygen atoms in total. The first-order chi connectivity index (χ1) is 15.7. The summed E-state index contributed by atoms with van der Waals surface area (Å²) in [4.78, 5) is 30.7. The van der Waals surface area contributed by atoms with Gasteiger partial charge in [0.1, 0.15) is 0 Å². The van der Waals surface area contributed by atoms with E-state index >= 15 is 0 Å². The summed E-state index contributed by atoms with van der Waals surface area (Å²) in [7, 11) is -2.10. The summed E-state index contributed by atoms with van der Waals surface area (Å²) in [5, 5.41) is 2.77. The summed E-state index contributed by atoms with van der Waals surface area (Å²) in [6.45, 7) is 4.97. The smallest absolute Gasteiger partial charge is 0.243 e. The Hall–Kier alpha value is -2.98. The van der Waals surface area contributed by atoms with Gasteiger partial charge in [0.05, 0.1) is 12.0 Å². The van der Waals surface area contributed by atoms with E-state index in [1.165, 1.54) is 11.4 Å². The molecule has 0 unspecified atom stereocenters. The van der Waals surface area contributed by atoms with Crippen molar-refractivity contribution in [2.45, 2.75) is 38.1 Å². The number of methoxy groups -OCH3 is 1. The maximum atomic E-state index is 13.0. The first-order valence-corrected chi connectivity index (χ1v) is 12.3. The zero-order chi connectivity index (χ0) is 24.0. The number of carbonyl (C=O) groups is 2. The van der Waals surface area contributed by atoms with Crippen LogP contribution in [0, 0.1) is 13.8 Å². The standard InChI is InChI=1S/C23H30N4O5S/c1-17-6-7-18(2)20(15-17)33(30,31)27-13-11-26(12-14-27)22(29)9-8-21(28)25-16-19-5-4-10-24-23(19)32-3/h4-7,10,15H,8-9,11-14,16H2,1-3H3,(H,25,28). The van der Waals surface area contributed by atoms with Crippen LogP contribution in [0.25, 0.3) is 0 Å². The number of aromatic nitrogens is 1. The lowest BCUT2D eigenvalue weighted by Gasteiger charge is -2.34. The molecule has 1 fully saturated rings. The molecule has 0 spiro atoms. The number of rotatable bonds is 8. The van der Waals surface area contributed by atoms with E-state index in [0.717, 1.165) is 11.1 Å². The van der Waals surface area contributed by atoms with Gasteiger partial charge in [-0.3, -0.25) is 9.59 Å². The van der Waals surface area contributed by atoms with Gasteiger partial charge in [-0.25, -0.2) is 13.4 Å². The molecule has 0 atom stereocenters. The molecule has 1 N–H and O–H groups in total. The third-order valence-corrected chi connectivity index (χ3v) is 7.68. The third kappa shape index (κ3) is 6.08. The molecule has 1 aliphatic rings. The number of amides is 2. The Morgan fingerprint density at radius 2 is 1.82 bits per heavy atom. The highest BCUT2D eigenvalue weighted by molar-refractivity contribution is 7.89. The molecule has 0 saturated carbocycles. The van der Waals surface area contributed by atoms with Gasteiger partial charge in [-0.05, 0) is 37.1 Å². The number of benzene rings is 1. The van der Waals surface area contributed by atoms with Gasteiger partial charge in [0.2, 0.25) is 27.7 Å². The predicted octanol–water partition coefficient (Wildman–Crippen LogP) is 1.64. The number of carbonyl (C=O) groups excluding carboxylic acids is 2. The van der Waals surface area contributed by atoms with Gasteiger partial charge in [0, 0.05) is 57.3 Å². The zero-order valence-corrected chi connectivity index (χ0v) is 20.0. The third-order valence-electron chi connectivity index (χ3n) is 5.64. The summed E-state index contributed by atoms with van der Waals surface area (Å²) >= 11 is 0. The molecule has 1 aliphatic heterocycles. The summed E-state index contributed by atoms with van der Waals surface area (Å²) in [5.41, 5.74) is 2.34. The molecule has 10 heteroatoms. The highest BCUT2D eigenvalue weighted by Gasteiger charge is 2.31. The number of nitrogens with zero attached hydrogens (tertiary/aromatic N) is 3. The van der Waals surface area contributed by atoms with E-state index in [9.17, 15) is 18.0 Å². The monoisotopic (exact) mass is 474 g/mol. The minimum Gasteiger partial charge on any atom is -0.481 e. The van der Waals surface area contributed by atoms with Crippen molar-refractivity contribution in [3.8, 4) is 5.88 Å². The molecule has 1 aromatic heterocycles. The van der Waals surface area contributed by atoms with Gasteiger partial charge in [-0.2, -0.15) is 4.31 Å². The number of pyridine rings is 1. The van der Waals surface area contributed by atoms with Crippen LogP contribution in [0.4, 0.5) is 0 Å². The quantitative estimate of drug-likeness (QED) is 0.623. The van der Waals surface area contributed by atoms with E-state index in [1.54, 1.807) is 36.2 Å². The van der Waals surface area contributed by atoms with E-state index in [4.69, 9.17) is 4.74 Å². The molecule has 1 saturated heterocycles. The number of nitrogens with one attached hydrogen (secondary N) is 1. The summed E-state index contributed by atoms with van der Waals surface area (Å²) < 4.78 is 32.7. The SMILES string of the molecule is COc1ncccc1CNC(=O)CCC(=O)N1CCN(S(=O)(=O)c2cc(C)ccc2C)CC1. The van der Waals surface area contributed by atoms with Gasteiger partial charge in [-0.15, -0.1) is 0 Å². The zero-order valence-electron chi connectivity index (χ0n) is 19.2. The Morgan fingerprint density at radius 1 is 1.09 bits per heavy atom. The van der Waals surface area contributed by atoms with Gasteiger partial charge in [0.15, 0.2) is 0 Å². The summed E-state index contributed by atoms with van der Waals surface area (Å²) in [6.07, 6.45) is 1.73. The Kier molecular flexibility index (Phi) is 8.04. The number of piperazine rings is 1. The van der Waals surface area contributed by atoms with Crippen molar-refractivity contribution in [3.63, 3.8) is 0 Å². The fourth-order valence-electron chi connectivity index (χ4n) is 3.71. The van der Waals surface area contributed by atoms with E-state index in [2.05, 4.69) is 10.3 Å². The van der Waals surface area contributed by atoms with Crippen molar-refractivity contribution in [1.82, 2.24) is 19.5 Å². The van der Waals surface area contributed by atoms with Crippen LogP contribution in [0.5, 0.6) is 5.88 Å². The van der Waals surface area contributed by atoms with Gasteiger partial charge >= 0.3 is 0 Å². The van der Waals surface area contributed by atoms with Crippen LogP contribution >= 0.6 is 0 Å². The summed E-state index contributed by atoms with van der Waals surface area (Å²) in [6, 6.07) is 8.93. The first-order valence-electron chi connectivity index (χ1n) is 10.8. The van der Waals surface area contributed by atoms with Crippen molar-refractivity contribution in [2.24, 2.45) is 0 Å². The van der Waals surface area contributed by atoms with Crippen LogP contribution in [0.2, 0.25) is 0 Å². The average molecular weight is 475 g/mol. The lowest BCUT2D eigenvalue weighted by atomic mass is 10.2. The number of sulfonamides is 1. The maximum Gasteiger partial charge on any atom is 0.243 e. The van der Waals surface area contributed by atoms with Crippen LogP contribution in [0.1, 0.15) is 29.5 Å². The van der Waals surface area contributed by atoms with E-state index < -0.39 is 10.0 Å². The first kappa shape index (κ1) is 24.7. The molecular weight excluding hydrogens is 444 g/mol. The second-order valence-corrected chi connectivity index (χ2v) is 9.91. The Balaban J connectivity index is 1.47. The number of hydrogen-bond acceptors (Lipinski definition) is 6. The van der Waals surface area contributed by atoms with Crippen LogP contribution in [0.3, 0.4) is 0 Å². The van der Waals surface area contributed by atoms with Crippen LogP contribution in [0.15, 0.2) is 41.4 Å². The highest BCUT2D eigenvalue weighted by Crippen LogP contribution is 2.22. The lowest BCUT2D eigenvalue weighted by molar-refractivity contribution is -0.134. The van der Waals surface area contributed by atoms with Crippen molar-refractivity contribution in [3.05, 3.63) is 53.2 Å². The Labute approximate surface area is 194 Å². The highest BCUT2D eigenvalue weighted by atomic mass is 32.2. The molecule has 33 heavy (non-hydrogen) atoms. The average Bonchev–Trinajstić information content (AvgIpc) is 2.82. The molecule has 0 radical (unpaired) electrons. The minimum atomic E-state index is -3.61. The van der Waals surface area contributed by atoms with Crippen molar-refractivity contribution >= 4 is 21.8 Å². The predicted molar refractivity (Wildman–Crippen MR) is 123 cm³/mol. The normalized spacial score (nSPS) is 14.7. The van der Waals surface area contributed by atoms with E-state index in [0.29, 0.717) is 29.4 Å². The minimum absolute atomic E-state index is 0.0579. The van der Waals surface area contributed by atoms with E-state index in [-0.39, 0.29) is 44.3 Å². The topological polar surface area (TPSA) is 109 Å². The molecule has 2 aromatic rings. The molecule has 3 rings (SSSR count).